The molecule has 0 amide bonds. The lowest BCUT2D eigenvalue weighted by Gasteiger charge is -2.37. The van der Waals surface area contributed by atoms with Crippen LogP contribution in [0, 0.1) is 29.9 Å². The molecule has 2 N–H and O–H groups in total. The van der Waals surface area contributed by atoms with Crippen LogP contribution >= 0.6 is 0 Å². The van der Waals surface area contributed by atoms with E-state index in [1.165, 1.54) is 0 Å². The van der Waals surface area contributed by atoms with Gasteiger partial charge in [-0.25, -0.2) is 13.2 Å². The lowest BCUT2D eigenvalue weighted by atomic mass is 9.80. The Hall–Kier alpha value is -3.65. The van der Waals surface area contributed by atoms with Crippen LogP contribution in [0.15, 0.2) is 24.4 Å². The minimum Gasteiger partial charge on any atom is -0.461 e. The number of benzene rings is 1. The number of ether oxygens (including phenoxy) is 2. The number of halogens is 6. The molecule has 0 radical (unpaired) electrons. The summed E-state index contributed by atoms with van der Waals surface area (Å²) in [5.41, 5.74) is 2.06. The predicted octanol–water partition coefficient (Wildman–Crippen LogP) is 5.62. The second-order valence-corrected chi connectivity index (χ2v) is 13.4. The SMILES string of the molecule is C=C1CN2CCC3(CC3)[C@@]2(COc2nc(N3CCOC[C@H]4[C@H](F)[C@H]43)c3cnc(-c4cc(N)c(F)c(C)c4C(F)(F)F)c(F)c3n2)C1. The molecule has 3 aliphatic heterocycles. The summed E-state index contributed by atoms with van der Waals surface area (Å²) in [7, 11) is 0. The van der Waals surface area contributed by atoms with E-state index in [-0.39, 0.29) is 60.1 Å². The first-order valence-corrected chi connectivity index (χ1v) is 15.4. The van der Waals surface area contributed by atoms with E-state index in [2.05, 4.69) is 26.4 Å². The lowest BCUT2D eigenvalue weighted by molar-refractivity contribution is -0.137. The molecule has 3 aromatic rings. The number of rotatable bonds is 5. The van der Waals surface area contributed by atoms with Gasteiger partial charge in [-0.2, -0.15) is 23.1 Å². The molecule has 8 rings (SSSR count). The maximum atomic E-state index is 16.6. The molecule has 3 saturated heterocycles. The van der Waals surface area contributed by atoms with Gasteiger partial charge in [0, 0.05) is 30.8 Å². The summed E-state index contributed by atoms with van der Waals surface area (Å²) in [6, 6.07) is -0.0343. The van der Waals surface area contributed by atoms with Gasteiger partial charge in [0.2, 0.25) is 0 Å². The normalized spacial score (nSPS) is 28.5. The van der Waals surface area contributed by atoms with Crippen molar-refractivity contribution in [3.05, 3.63) is 47.2 Å². The Morgan fingerprint density at radius 3 is 2.67 bits per heavy atom. The van der Waals surface area contributed by atoms with Crippen molar-refractivity contribution >= 4 is 22.4 Å². The molecule has 2 saturated carbocycles. The van der Waals surface area contributed by atoms with Crippen molar-refractivity contribution in [2.45, 2.75) is 56.5 Å². The van der Waals surface area contributed by atoms with Crippen LogP contribution in [0.4, 0.5) is 37.8 Å². The van der Waals surface area contributed by atoms with Crippen molar-refractivity contribution in [3.8, 4) is 17.3 Å². The highest BCUT2D eigenvalue weighted by atomic mass is 19.4. The van der Waals surface area contributed by atoms with E-state index in [0.29, 0.717) is 0 Å². The quantitative estimate of drug-likeness (QED) is 0.217. The fourth-order valence-corrected chi connectivity index (χ4v) is 8.30. The number of hydrogen-bond acceptors (Lipinski definition) is 8. The van der Waals surface area contributed by atoms with E-state index in [9.17, 15) is 22.0 Å². The van der Waals surface area contributed by atoms with Gasteiger partial charge >= 0.3 is 12.2 Å². The predicted molar refractivity (Wildman–Crippen MR) is 157 cm³/mol. The molecule has 14 heteroatoms. The summed E-state index contributed by atoms with van der Waals surface area (Å²) in [5, 5.41) is 0.0716. The van der Waals surface area contributed by atoms with Crippen molar-refractivity contribution in [1.29, 1.82) is 0 Å². The molecule has 0 bridgehead atoms. The minimum atomic E-state index is -5.04. The van der Waals surface area contributed by atoms with Crippen LogP contribution in [-0.2, 0) is 10.9 Å². The summed E-state index contributed by atoms with van der Waals surface area (Å²) in [4.78, 5) is 17.2. The summed E-state index contributed by atoms with van der Waals surface area (Å²) >= 11 is 0. The fourth-order valence-electron chi connectivity index (χ4n) is 8.30. The number of nitrogen functional groups attached to an aromatic ring is 1. The number of pyridine rings is 1. The van der Waals surface area contributed by atoms with Crippen LogP contribution in [0.25, 0.3) is 22.2 Å². The highest BCUT2D eigenvalue weighted by molar-refractivity contribution is 5.93. The van der Waals surface area contributed by atoms with Gasteiger partial charge in [-0.3, -0.25) is 9.88 Å². The highest BCUT2D eigenvalue weighted by Crippen LogP contribution is 2.66. The average Bonchev–Trinajstić information content (AvgIpc) is 3.88. The minimum absolute atomic E-state index is 0.0716. The summed E-state index contributed by atoms with van der Waals surface area (Å²) in [6.45, 7) is 7.75. The molecule has 244 valence electrons. The molecule has 4 atom stereocenters. The summed E-state index contributed by atoms with van der Waals surface area (Å²) < 4.78 is 101. The molecule has 5 heterocycles. The van der Waals surface area contributed by atoms with Crippen LogP contribution in [0.3, 0.4) is 0 Å². The van der Waals surface area contributed by atoms with E-state index in [1.807, 2.05) is 0 Å². The maximum absolute atomic E-state index is 16.6. The smallest absolute Gasteiger partial charge is 0.417 e. The maximum Gasteiger partial charge on any atom is 0.417 e. The first-order chi connectivity index (χ1) is 21.8. The monoisotopic (exact) mass is 646 g/mol. The molecule has 5 aliphatic rings. The van der Waals surface area contributed by atoms with Gasteiger partial charge in [-0.15, -0.1) is 0 Å². The first-order valence-electron chi connectivity index (χ1n) is 15.4. The van der Waals surface area contributed by atoms with Gasteiger partial charge in [-0.1, -0.05) is 12.2 Å². The number of hydrogen-bond donors (Lipinski definition) is 1. The van der Waals surface area contributed by atoms with Crippen LogP contribution in [-0.4, -0.2) is 77.1 Å². The van der Waals surface area contributed by atoms with E-state index in [4.69, 9.17) is 15.2 Å². The first kappa shape index (κ1) is 29.7. The Morgan fingerprint density at radius 1 is 1.15 bits per heavy atom. The second kappa shape index (κ2) is 9.93. The number of aromatic nitrogens is 3. The Bertz CT molecular complexity index is 1800. The second-order valence-electron chi connectivity index (χ2n) is 13.4. The lowest BCUT2D eigenvalue weighted by Crippen LogP contribution is -2.49. The fraction of sp³-hybridized carbons (Fsp3) is 0.531. The molecule has 5 fully saturated rings. The number of anilines is 2. The van der Waals surface area contributed by atoms with E-state index in [1.54, 1.807) is 4.90 Å². The molecular weight excluding hydrogens is 614 g/mol. The Kier molecular flexibility index (Phi) is 6.42. The topological polar surface area (TPSA) is 89.6 Å². The Labute approximate surface area is 260 Å². The third kappa shape index (κ3) is 4.24. The van der Waals surface area contributed by atoms with Crippen molar-refractivity contribution in [2.75, 3.05) is 50.1 Å². The third-order valence-electron chi connectivity index (χ3n) is 10.9. The van der Waals surface area contributed by atoms with Gasteiger partial charge in [0.05, 0.1) is 41.4 Å². The molecule has 2 aliphatic carbocycles. The van der Waals surface area contributed by atoms with Crippen molar-refractivity contribution < 1.29 is 35.8 Å². The van der Waals surface area contributed by atoms with Gasteiger partial charge in [0.1, 0.15) is 35.6 Å². The van der Waals surface area contributed by atoms with Crippen LogP contribution in [0.1, 0.15) is 36.8 Å². The van der Waals surface area contributed by atoms with Crippen molar-refractivity contribution in [1.82, 2.24) is 19.9 Å². The molecule has 1 spiro atoms. The zero-order valence-corrected chi connectivity index (χ0v) is 25.1. The zero-order chi connectivity index (χ0) is 32.3. The van der Waals surface area contributed by atoms with Crippen molar-refractivity contribution in [2.24, 2.45) is 11.3 Å². The zero-order valence-electron chi connectivity index (χ0n) is 25.1. The molecule has 2 aromatic heterocycles. The standard InChI is InChI=1S/C32H32F6N6O2/c1-15-10-31(30(3-4-30)5-6-43(31)12-15)14-46-29-41-26-18(28(42-29)44-7-8-45-13-19-23(34)27(19)44)11-40-25(24(26)35)17-9-20(39)22(33)16(2)21(17)32(36,37)38/h9,11,19,23,27H,1,3-8,10,12-14,39H2,2H3/t19-,23-,27-,31-/m0/s1. The molecule has 8 nitrogen and oxygen atoms in total. The molecular formula is C32H32F6N6O2. The molecule has 0 unspecified atom stereocenters. The van der Waals surface area contributed by atoms with E-state index in [0.717, 1.165) is 63.5 Å². The summed E-state index contributed by atoms with van der Waals surface area (Å²) in [6.07, 6.45) is -1.17. The number of nitrogens with zero attached hydrogens (tertiary/aromatic N) is 5. The van der Waals surface area contributed by atoms with Gasteiger partial charge in [0.15, 0.2) is 5.82 Å². The molecule has 1 aromatic carbocycles. The van der Waals surface area contributed by atoms with E-state index >= 15 is 4.39 Å². The number of nitrogens with two attached hydrogens (primary N) is 1. The largest absolute Gasteiger partial charge is 0.461 e. The average molecular weight is 647 g/mol. The number of alkyl halides is 4. The van der Waals surface area contributed by atoms with Gasteiger partial charge < -0.3 is 20.1 Å². The summed E-state index contributed by atoms with van der Waals surface area (Å²) in [5.74, 6) is -2.68. The Balaban J connectivity index is 1.27. The van der Waals surface area contributed by atoms with Crippen LogP contribution in [0.5, 0.6) is 6.01 Å². The van der Waals surface area contributed by atoms with Gasteiger partial charge in [-0.05, 0) is 56.2 Å². The molecule has 46 heavy (non-hydrogen) atoms. The highest BCUT2D eigenvalue weighted by Gasteiger charge is 2.67. The number of fused-ring (bicyclic) bond motifs is 4. The third-order valence-corrected chi connectivity index (χ3v) is 10.9. The van der Waals surface area contributed by atoms with E-state index < -0.39 is 64.0 Å². The Morgan fingerprint density at radius 2 is 1.93 bits per heavy atom. The van der Waals surface area contributed by atoms with Crippen molar-refractivity contribution in [3.63, 3.8) is 0 Å². The van der Waals surface area contributed by atoms with Crippen LogP contribution < -0.4 is 15.4 Å². The van der Waals surface area contributed by atoms with Crippen LogP contribution in [0.2, 0.25) is 0 Å². The van der Waals surface area contributed by atoms with Gasteiger partial charge in [0.25, 0.3) is 0 Å².